The van der Waals surface area contributed by atoms with E-state index in [0.717, 1.165) is 0 Å². The Balaban J connectivity index is 2.94. The van der Waals surface area contributed by atoms with Gasteiger partial charge in [-0.25, -0.2) is 0 Å². The molecule has 0 amide bonds. The molecular formula is C8H5N2O2+. The normalized spacial score (nSPS) is 9.92. The van der Waals surface area contributed by atoms with Crippen LogP contribution in [0.3, 0.4) is 0 Å². The number of rotatable bonds is 0. The highest BCUT2D eigenvalue weighted by Crippen LogP contribution is 2.36. The highest BCUT2D eigenvalue weighted by molar-refractivity contribution is 5.95. The second-order valence-corrected chi connectivity index (χ2v) is 2.36. The van der Waals surface area contributed by atoms with E-state index in [1.807, 2.05) is 0 Å². The van der Waals surface area contributed by atoms with Crippen LogP contribution in [0.1, 0.15) is 0 Å². The van der Waals surface area contributed by atoms with Crippen LogP contribution < -0.4 is 0 Å². The number of nitrogens with zero attached hydrogens (tertiary/aromatic N) is 2. The van der Waals surface area contributed by atoms with Gasteiger partial charge in [-0.05, 0) is 12.1 Å². The van der Waals surface area contributed by atoms with Crippen molar-refractivity contribution in [2.24, 2.45) is 0 Å². The Morgan fingerprint density at radius 3 is 2.58 bits per heavy atom. The van der Waals surface area contributed by atoms with Crippen molar-refractivity contribution in [1.29, 1.82) is 5.39 Å². The lowest BCUT2D eigenvalue weighted by Crippen LogP contribution is -1.61. The molecule has 0 aliphatic carbocycles. The molecule has 0 saturated heterocycles. The zero-order valence-corrected chi connectivity index (χ0v) is 6.06. The third-order valence-corrected chi connectivity index (χ3v) is 1.67. The van der Waals surface area contributed by atoms with Gasteiger partial charge in [0.25, 0.3) is 5.95 Å². The molecule has 0 radical (unpaired) electrons. The average Bonchev–Trinajstić information content (AvgIpc) is 2.44. The van der Waals surface area contributed by atoms with E-state index in [9.17, 15) is 5.11 Å². The summed E-state index contributed by atoms with van der Waals surface area (Å²) in [6.45, 7) is 0. The lowest BCUT2D eigenvalue weighted by molar-refractivity contribution is 0.345. The number of hydrogen-bond donors (Lipinski definition) is 1. The zero-order valence-electron chi connectivity index (χ0n) is 6.06. The van der Waals surface area contributed by atoms with Crippen molar-refractivity contribution in [2.75, 3.05) is 0 Å². The van der Waals surface area contributed by atoms with Crippen LogP contribution in [-0.2, 0) is 0 Å². The average molecular weight is 161 g/mol. The molecule has 4 nitrogen and oxygen atoms in total. The van der Waals surface area contributed by atoms with Gasteiger partial charge in [-0.1, -0.05) is 12.1 Å². The van der Waals surface area contributed by atoms with Crippen LogP contribution in [-0.4, -0.2) is 5.11 Å². The van der Waals surface area contributed by atoms with Gasteiger partial charge in [0, 0.05) is 0 Å². The van der Waals surface area contributed by atoms with Gasteiger partial charge in [0.15, 0.2) is 0 Å². The molecule has 0 unspecified atom stereocenters. The van der Waals surface area contributed by atoms with E-state index in [-0.39, 0.29) is 11.8 Å². The lowest BCUT2D eigenvalue weighted by Gasteiger charge is -1.81. The lowest BCUT2D eigenvalue weighted by atomic mass is 10.2. The van der Waals surface area contributed by atoms with Gasteiger partial charge in [0.1, 0.15) is 5.39 Å². The van der Waals surface area contributed by atoms with E-state index < -0.39 is 0 Å². The number of fused-ring (bicyclic) bond motifs is 1. The first-order valence-corrected chi connectivity index (χ1v) is 3.38. The van der Waals surface area contributed by atoms with Crippen LogP contribution >= 0.6 is 0 Å². The maximum atomic E-state index is 9.19. The number of aromatic hydroxyl groups is 1. The number of diazo groups is 1. The van der Waals surface area contributed by atoms with Crippen LogP contribution in [0.5, 0.6) is 5.95 Å². The largest absolute Gasteiger partial charge is 0.562 e. The van der Waals surface area contributed by atoms with Crippen LogP contribution in [0.15, 0.2) is 28.7 Å². The van der Waals surface area contributed by atoms with E-state index >= 15 is 0 Å². The SMILES string of the molecule is N#[N+]c1oc(O)c2ccccc12. The summed E-state index contributed by atoms with van der Waals surface area (Å²) in [7, 11) is 0. The Morgan fingerprint density at radius 2 is 1.92 bits per heavy atom. The summed E-state index contributed by atoms with van der Waals surface area (Å²) in [4.78, 5) is 2.89. The molecule has 12 heavy (non-hydrogen) atoms. The number of furan rings is 1. The second kappa shape index (κ2) is 2.24. The summed E-state index contributed by atoms with van der Waals surface area (Å²) in [5.41, 5.74) is 0. The van der Waals surface area contributed by atoms with E-state index in [4.69, 9.17) is 9.81 Å². The molecule has 1 aromatic carbocycles. The summed E-state index contributed by atoms with van der Waals surface area (Å²) in [6, 6.07) is 6.92. The van der Waals surface area contributed by atoms with Crippen molar-refractivity contribution < 1.29 is 9.52 Å². The zero-order chi connectivity index (χ0) is 8.55. The van der Waals surface area contributed by atoms with Crippen LogP contribution in [0, 0.1) is 5.39 Å². The summed E-state index contributed by atoms with van der Waals surface area (Å²) in [6.07, 6.45) is 0. The minimum Gasteiger partial charge on any atom is -0.480 e. The first-order chi connectivity index (χ1) is 5.83. The molecule has 0 atom stereocenters. The van der Waals surface area contributed by atoms with E-state index in [1.54, 1.807) is 24.3 Å². The molecule has 0 bridgehead atoms. The Kier molecular flexibility index (Phi) is 1.25. The van der Waals surface area contributed by atoms with Crippen molar-refractivity contribution >= 4 is 16.7 Å². The fourth-order valence-corrected chi connectivity index (χ4v) is 1.13. The molecule has 2 aromatic rings. The monoisotopic (exact) mass is 161 g/mol. The fourth-order valence-electron chi connectivity index (χ4n) is 1.13. The minimum absolute atomic E-state index is 0.0306. The van der Waals surface area contributed by atoms with Crippen molar-refractivity contribution in [2.45, 2.75) is 0 Å². The second-order valence-electron chi connectivity index (χ2n) is 2.36. The molecule has 2 rings (SSSR count). The van der Waals surface area contributed by atoms with Crippen molar-refractivity contribution in [1.82, 2.24) is 0 Å². The quantitative estimate of drug-likeness (QED) is 0.604. The topological polar surface area (TPSA) is 61.5 Å². The van der Waals surface area contributed by atoms with Gasteiger partial charge in [-0.15, -0.1) is 0 Å². The van der Waals surface area contributed by atoms with Gasteiger partial charge < -0.3 is 9.52 Å². The summed E-state index contributed by atoms with van der Waals surface area (Å²) in [5, 5.41) is 18.8. The van der Waals surface area contributed by atoms with Crippen molar-refractivity contribution in [3.63, 3.8) is 0 Å². The molecule has 0 fully saturated rings. The van der Waals surface area contributed by atoms with Crippen LogP contribution in [0.2, 0.25) is 0 Å². The first-order valence-electron chi connectivity index (χ1n) is 3.38. The predicted octanol–water partition coefficient (Wildman–Crippen LogP) is 2.62. The molecule has 1 heterocycles. The van der Waals surface area contributed by atoms with E-state index in [1.165, 1.54) is 0 Å². The molecule has 1 N–H and O–H groups in total. The minimum atomic E-state index is -0.224. The predicted molar refractivity (Wildman–Crippen MR) is 42.6 cm³/mol. The third-order valence-electron chi connectivity index (χ3n) is 1.67. The van der Waals surface area contributed by atoms with Crippen LogP contribution in [0.4, 0.5) is 5.88 Å². The smallest absolute Gasteiger partial charge is 0.480 e. The van der Waals surface area contributed by atoms with Gasteiger partial charge in [-0.2, -0.15) is 0 Å². The van der Waals surface area contributed by atoms with Gasteiger partial charge in [0.2, 0.25) is 10.4 Å². The summed E-state index contributed by atoms with van der Waals surface area (Å²) >= 11 is 0. The van der Waals surface area contributed by atoms with Crippen molar-refractivity contribution in [3.05, 3.63) is 29.2 Å². The fraction of sp³-hybridized carbons (Fsp3) is 0. The summed E-state index contributed by atoms with van der Waals surface area (Å²) in [5.74, 6) is -0.193. The molecule has 0 aliphatic rings. The molecule has 0 saturated carbocycles. The maximum absolute atomic E-state index is 9.19. The van der Waals surface area contributed by atoms with Gasteiger partial charge >= 0.3 is 5.88 Å². The Labute approximate surface area is 67.7 Å². The molecular weight excluding hydrogens is 156 g/mol. The maximum Gasteiger partial charge on any atom is 0.562 e. The van der Waals surface area contributed by atoms with Crippen LogP contribution in [0.25, 0.3) is 15.7 Å². The van der Waals surface area contributed by atoms with Gasteiger partial charge in [0.05, 0.1) is 5.39 Å². The molecule has 58 valence electrons. The van der Waals surface area contributed by atoms with E-state index in [0.29, 0.717) is 10.8 Å². The Morgan fingerprint density at radius 1 is 1.25 bits per heavy atom. The highest BCUT2D eigenvalue weighted by atomic mass is 16.5. The third kappa shape index (κ3) is 0.736. The Bertz CT molecular complexity index is 467. The van der Waals surface area contributed by atoms with Gasteiger partial charge in [-0.3, -0.25) is 0 Å². The Hall–Kier alpha value is -2.02. The standard InChI is InChI=1S/C8H4N2O2/c9-10-7-5-3-1-2-4-6(5)8(11)12-7/h1-4H/p+1. The summed E-state index contributed by atoms with van der Waals surface area (Å²) < 4.78 is 4.75. The van der Waals surface area contributed by atoms with E-state index in [2.05, 4.69) is 4.98 Å². The molecule has 0 aliphatic heterocycles. The number of benzene rings is 1. The number of hydrogen-bond acceptors (Lipinski definition) is 3. The first kappa shape index (κ1) is 6.68. The van der Waals surface area contributed by atoms with Crippen molar-refractivity contribution in [3.8, 4) is 5.95 Å². The molecule has 4 heteroatoms. The molecule has 0 spiro atoms. The molecule has 1 aromatic heterocycles. The highest BCUT2D eigenvalue weighted by Gasteiger charge is 2.20.